The molecule has 0 unspecified atom stereocenters. The van der Waals surface area contributed by atoms with E-state index in [0.29, 0.717) is 39.3 Å². The summed E-state index contributed by atoms with van der Waals surface area (Å²) < 4.78 is 5.39. The molecule has 2 amide bonds. The second-order valence-electron chi connectivity index (χ2n) is 8.35. The molecule has 2 saturated heterocycles. The molecule has 2 aromatic carbocycles. The normalized spacial score (nSPS) is 22.0. The number of likely N-dealkylation sites (tertiary alicyclic amines) is 1. The molecule has 2 aromatic rings. The van der Waals surface area contributed by atoms with Crippen molar-refractivity contribution in [3.63, 3.8) is 0 Å². The molecule has 2 aliphatic rings. The van der Waals surface area contributed by atoms with Gasteiger partial charge in [-0.2, -0.15) is 0 Å². The Kier molecular flexibility index (Phi) is 6.48. The number of hydrogen-bond donors (Lipinski definition) is 0. The molecule has 158 valence electrons. The molecule has 0 aromatic heterocycles. The van der Waals surface area contributed by atoms with Gasteiger partial charge in [-0.1, -0.05) is 60.2 Å². The average molecular weight is 407 g/mol. The van der Waals surface area contributed by atoms with Crippen molar-refractivity contribution in [2.75, 3.05) is 32.8 Å². The van der Waals surface area contributed by atoms with E-state index in [-0.39, 0.29) is 23.8 Å². The number of nitrogens with zero attached hydrogens (tertiary/aromatic N) is 2. The van der Waals surface area contributed by atoms with Crippen molar-refractivity contribution < 1.29 is 14.3 Å². The van der Waals surface area contributed by atoms with Crippen LogP contribution in [0.1, 0.15) is 35.6 Å². The highest BCUT2D eigenvalue weighted by molar-refractivity contribution is 5.83. The zero-order valence-corrected chi connectivity index (χ0v) is 17.6. The molecule has 2 aliphatic heterocycles. The van der Waals surface area contributed by atoms with Crippen LogP contribution in [0.25, 0.3) is 0 Å². The van der Waals surface area contributed by atoms with E-state index in [9.17, 15) is 9.59 Å². The van der Waals surface area contributed by atoms with Crippen LogP contribution in [-0.4, -0.2) is 54.5 Å². The SMILES string of the molecule is Cc1cccc([C@H]2CC[C@@H](C(=O)N3CCOCC3)CN2C(=O)Cc2ccccc2)c1. The molecule has 0 aliphatic carbocycles. The first-order valence-corrected chi connectivity index (χ1v) is 10.9. The molecular weight excluding hydrogens is 376 g/mol. The highest BCUT2D eigenvalue weighted by atomic mass is 16.5. The third-order valence-electron chi connectivity index (χ3n) is 6.20. The molecule has 30 heavy (non-hydrogen) atoms. The molecule has 5 heteroatoms. The van der Waals surface area contributed by atoms with Crippen molar-refractivity contribution in [2.24, 2.45) is 5.92 Å². The van der Waals surface area contributed by atoms with Crippen LogP contribution in [0.3, 0.4) is 0 Å². The van der Waals surface area contributed by atoms with Crippen LogP contribution in [-0.2, 0) is 20.7 Å². The van der Waals surface area contributed by atoms with E-state index in [1.165, 1.54) is 5.56 Å². The Labute approximate surface area is 178 Å². The van der Waals surface area contributed by atoms with Crippen molar-refractivity contribution in [3.8, 4) is 0 Å². The molecule has 0 radical (unpaired) electrons. The molecule has 0 spiro atoms. The molecule has 2 heterocycles. The fraction of sp³-hybridized carbons (Fsp3) is 0.440. The average Bonchev–Trinajstić information content (AvgIpc) is 2.79. The predicted molar refractivity (Wildman–Crippen MR) is 116 cm³/mol. The van der Waals surface area contributed by atoms with Gasteiger partial charge in [0, 0.05) is 19.6 Å². The standard InChI is InChI=1S/C25H30N2O3/c1-19-6-5-9-21(16-19)23-11-10-22(25(29)26-12-14-30-15-13-26)18-27(23)24(28)17-20-7-3-2-4-8-20/h2-9,16,22-23H,10-15,17-18H2,1H3/t22-,23-/m1/s1. The second kappa shape index (κ2) is 9.43. The summed E-state index contributed by atoms with van der Waals surface area (Å²) in [7, 11) is 0. The van der Waals surface area contributed by atoms with Crippen molar-refractivity contribution >= 4 is 11.8 Å². The number of benzene rings is 2. The summed E-state index contributed by atoms with van der Waals surface area (Å²) in [6.45, 7) is 5.05. The summed E-state index contributed by atoms with van der Waals surface area (Å²) in [4.78, 5) is 30.3. The fourth-order valence-electron chi connectivity index (χ4n) is 4.59. The van der Waals surface area contributed by atoms with E-state index in [1.807, 2.05) is 40.1 Å². The van der Waals surface area contributed by atoms with Gasteiger partial charge in [-0.05, 0) is 30.9 Å². The molecule has 0 saturated carbocycles. The van der Waals surface area contributed by atoms with Crippen molar-refractivity contribution in [1.29, 1.82) is 0 Å². The van der Waals surface area contributed by atoms with E-state index in [0.717, 1.165) is 24.0 Å². The topological polar surface area (TPSA) is 49.9 Å². The van der Waals surface area contributed by atoms with Crippen LogP contribution in [0.5, 0.6) is 0 Å². The number of carbonyl (C=O) groups excluding carboxylic acids is 2. The maximum atomic E-state index is 13.4. The Hall–Kier alpha value is -2.66. The van der Waals surface area contributed by atoms with E-state index in [4.69, 9.17) is 4.74 Å². The highest BCUT2D eigenvalue weighted by Gasteiger charge is 2.37. The van der Waals surface area contributed by atoms with Crippen LogP contribution in [0.4, 0.5) is 0 Å². The lowest BCUT2D eigenvalue weighted by atomic mass is 9.87. The van der Waals surface area contributed by atoms with Crippen LogP contribution >= 0.6 is 0 Å². The lowest BCUT2D eigenvalue weighted by Gasteiger charge is -2.41. The number of hydrogen-bond acceptors (Lipinski definition) is 3. The minimum absolute atomic E-state index is 0.0230. The lowest BCUT2D eigenvalue weighted by Crippen LogP contribution is -2.50. The Morgan fingerprint density at radius 2 is 1.77 bits per heavy atom. The van der Waals surface area contributed by atoms with Gasteiger partial charge >= 0.3 is 0 Å². The number of piperidine rings is 1. The Balaban J connectivity index is 1.55. The summed E-state index contributed by atoms with van der Waals surface area (Å²) in [5.41, 5.74) is 3.36. The summed E-state index contributed by atoms with van der Waals surface area (Å²) in [6, 6.07) is 18.3. The molecule has 0 N–H and O–H groups in total. The first-order valence-electron chi connectivity index (χ1n) is 10.9. The summed E-state index contributed by atoms with van der Waals surface area (Å²) in [5, 5.41) is 0. The van der Waals surface area contributed by atoms with Gasteiger partial charge in [-0.15, -0.1) is 0 Å². The number of morpholine rings is 1. The van der Waals surface area contributed by atoms with Gasteiger partial charge in [0.25, 0.3) is 0 Å². The summed E-state index contributed by atoms with van der Waals surface area (Å²) in [6.07, 6.45) is 1.98. The fourth-order valence-corrected chi connectivity index (χ4v) is 4.59. The highest BCUT2D eigenvalue weighted by Crippen LogP contribution is 2.35. The lowest BCUT2D eigenvalue weighted by molar-refractivity contribution is -0.145. The van der Waals surface area contributed by atoms with Crippen molar-refractivity contribution in [2.45, 2.75) is 32.2 Å². The number of carbonyl (C=O) groups is 2. The van der Waals surface area contributed by atoms with E-state index < -0.39 is 0 Å². The van der Waals surface area contributed by atoms with Crippen molar-refractivity contribution in [3.05, 3.63) is 71.3 Å². The van der Waals surface area contributed by atoms with Crippen LogP contribution < -0.4 is 0 Å². The molecule has 2 atom stereocenters. The Bertz CT molecular complexity index is 877. The smallest absolute Gasteiger partial charge is 0.227 e. The molecule has 0 bridgehead atoms. The minimum atomic E-state index is -0.135. The van der Waals surface area contributed by atoms with E-state index in [1.54, 1.807) is 0 Å². The van der Waals surface area contributed by atoms with Crippen LogP contribution in [0, 0.1) is 12.8 Å². The van der Waals surface area contributed by atoms with E-state index >= 15 is 0 Å². The maximum absolute atomic E-state index is 13.4. The largest absolute Gasteiger partial charge is 0.378 e. The van der Waals surface area contributed by atoms with Gasteiger partial charge in [-0.3, -0.25) is 9.59 Å². The van der Waals surface area contributed by atoms with Gasteiger partial charge in [-0.25, -0.2) is 0 Å². The maximum Gasteiger partial charge on any atom is 0.227 e. The van der Waals surface area contributed by atoms with Crippen LogP contribution in [0.15, 0.2) is 54.6 Å². The quantitative estimate of drug-likeness (QED) is 0.782. The van der Waals surface area contributed by atoms with Crippen molar-refractivity contribution in [1.82, 2.24) is 9.80 Å². The number of amides is 2. The summed E-state index contributed by atoms with van der Waals surface area (Å²) >= 11 is 0. The van der Waals surface area contributed by atoms with Gasteiger partial charge < -0.3 is 14.5 Å². The minimum Gasteiger partial charge on any atom is -0.378 e. The Morgan fingerprint density at radius 1 is 1.00 bits per heavy atom. The predicted octanol–water partition coefficient (Wildman–Crippen LogP) is 3.38. The van der Waals surface area contributed by atoms with Gasteiger partial charge in [0.05, 0.1) is 31.6 Å². The number of rotatable bonds is 4. The van der Waals surface area contributed by atoms with Gasteiger partial charge in [0.15, 0.2) is 0 Å². The number of ether oxygens (including phenoxy) is 1. The van der Waals surface area contributed by atoms with E-state index in [2.05, 4.69) is 31.2 Å². The van der Waals surface area contributed by atoms with Gasteiger partial charge in [0.1, 0.15) is 0 Å². The molecule has 4 rings (SSSR count). The second-order valence-corrected chi connectivity index (χ2v) is 8.35. The monoisotopic (exact) mass is 406 g/mol. The third kappa shape index (κ3) is 4.73. The third-order valence-corrected chi connectivity index (χ3v) is 6.20. The molecular formula is C25H30N2O3. The number of aryl methyl sites for hydroxylation is 1. The first kappa shape index (κ1) is 20.6. The zero-order valence-electron chi connectivity index (χ0n) is 17.6. The summed E-state index contributed by atoms with van der Waals surface area (Å²) in [5.74, 6) is 0.120. The Morgan fingerprint density at radius 3 is 2.50 bits per heavy atom. The molecule has 5 nitrogen and oxygen atoms in total. The van der Waals surface area contributed by atoms with Gasteiger partial charge in [0.2, 0.25) is 11.8 Å². The van der Waals surface area contributed by atoms with Crippen LogP contribution in [0.2, 0.25) is 0 Å². The zero-order chi connectivity index (χ0) is 20.9. The first-order chi connectivity index (χ1) is 14.6. The molecule has 2 fully saturated rings.